The van der Waals surface area contributed by atoms with Crippen molar-refractivity contribution >= 4 is 15.9 Å². The lowest BCUT2D eigenvalue weighted by atomic mass is 9.50. The molecule has 88 valence electrons. The molecule has 0 saturated heterocycles. The second kappa shape index (κ2) is 4.37. The highest BCUT2D eigenvalue weighted by Gasteiger charge is 2.49. The van der Waals surface area contributed by atoms with Crippen LogP contribution in [-0.2, 0) is 0 Å². The molecular weight excluding hydrogens is 250 g/mol. The van der Waals surface area contributed by atoms with Gasteiger partial charge in [-0.2, -0.15) is 0 Å². The first-order chi connectivity index (χ1) is 6.78. The SMILES string of the molecule is CC(CBr)C1C2CC3CC(C2)CC1C3.N. The molecule has 1 atom stereocenters. The molecule has 0 aromatic carbocycles. The minimum atomic E-state index is 0. The van der Waals surface area contributed by atoms with Crippen molar-refractivity contribution in [2.45, 2.75) is 39.0 Å². The Labute approximate surface area is 102 Å². The quantitative estimate of drug-likeness (QED) is 0.750. The van der Waals surface area contributed by atoms with Crippen LogP contribution in [-0.4, -0.2) is 5.33 Å². The number of hydrogen-bond acceptors (Lipinski definition) is 1. The Bertz CT molecular complexity index is 201. The number of rotatable bonds is 2. The number of halogens is 1. The third-order valence-electron chi connectivity index (χ3n) is 5.20. The van der Waals surface area contributed by atoms with E-state index in [0.29, 0.717) is 0 Å². The molecule has 0 aromatic heterocycles. The molecule has 1 unspecified atom stereocenters. The minimum absolute atomic E-state index is 0. The lowest BCUT2D eigenvalue weighted by molar-refractivity contribution is -0.0542. The Morgan fingerprint density at radius 3 is 1.87 bits per heavy atom. The molecule has 4 fully saturated rings. The number of hydrogen-bond donors (Lipinski definition) is 1. The molecular formula is C13H24BrN. The van der Waals surface area contributed by atoms with Crippen LogP contribution in [0.25, 0.3) is 0 Å². The highest BCUT2D eigenvalue weighted by Crippen LogP contribution is 2.58. The Morgan fingerprint density at radius 1 is 1.00 bits per heavy atom. The van der Waals surface area contributed by atoms with Gasteiger partial charge < -0.3 is 6.15 Å². The lowest BCUT2D eigenvalue weighted by Gasteiger charge is -2.56. The van der Waals surface area contributed by atoms with Gasteiger partial charge in [-0.25, -0.2) is 0 Å². The molecule has 4 saturated carbocycles. The molecule has 15 heavy (non-hydrogen) atoms. The van der Waals surface area contributed by atoms with Crippen LogP contribution in [0.3, 0.4) is 0 Å². The maximum absolute atomic E-state index is 3.68. The molecule has 3 N–H and O–H groups in total. The summed E-state index contributed by atoms with van der Waals surface area (Å²) in [7, 11) is 0. The second-order valence-electron chi connectivity index (χ2n) is 6.14. The zero-order valence-electron chi connectivity index (χ0n) is 9.79. The minimum Gasteiger partial charge on any atom is -0.344 e. The van der Waals surface area contributed by atoms with Crippen molar-refractivity contribution in [1.29, 1.82) is 0 Å². The van der Waals surface area contributed by atoms with Gasteiger partial charge in [-0.1, -0.05) is 22.9 Å². The van der Waals surface area contributed by atoms with E-state index < -0.39 is 0 Å². The summed E-state index contributed by atoms with van der Waals surface area (Å²) >= 11 is 3.68. The number of alkyl halides is 1. The van der Waals surface area contributed by atoms with Crippen molar-refractivity contribution in [3.63, 3.8) is 0 Å². The van der Waals surface area contributed by atoms with E-state index in [4.69, 9.17) is 0 Å². The van der Waals surface area contributed by atoms with Crippen LogP contribution in [0.4, 0.5) is 0 Å². The van der Waals surface area contributed by atoms with Gasteiger partial charge in [-0.3, -0.25) is 0 Å². The summed E-state index contributed by atoms with van der Waals surface area (Å²) in [6, 6.07) is 0. The molecule has 1 nitrogen and oxygen atoms in total. The van der Waals surface area contributed by atoms with Crippen LogP contribution in [0.2, 0.25) is 0 Å². The molecule has 0 radical (unpaired) electrons. The Hall–Kier alpha value is 0.440. The monoisotopic (exact) mass is 273 g/mol. The Morgan fingerprint density at radius 2 is 1.47 bits per heavy atom. The Balaban J connectivity index is 0.000000853. The molecule has 0 spiro atoms. The predicted octanol–water partition coefficient (Wildman–Crippen LogP) is 4.25. The van der Waals surface area contributed by atoms with E-state index in [9.17, 15) is 0 Å². The fraction of sp³-hybridized carbons (Fsp3) is 1.00. The van der Waals surface area contributed by atoms with Crippen LogP contribution < -0.4 is 6.15 Å². The van der Waals surface area contributed by atoms with Gasteiger partial charge in [-0.15, -0.1) is 0 Å². The molecule has 4 bridgehead atoms. The van der Waals surface area contributed by atoms with Gasteiger partial charge in [0, 0.05) is 5.33 Å². The van der Waals surface area contributed by atoms with Gasteiger partial charge in [0.2, 0.25) is 0 Å². The van der Waals surface area contributed by atoms with E-state index in [2.05, 4.69) is 22.9 Å². The summed E-state index contributed by atoms with van der Waals surface area (Å²) in [5.41, 5.74) is 0. The normalized spacial score (nSPS) is 48.8. The fourth-order valence-corrected chi connectivity index (χ4v) is 5.43. The summed E-state index contributed by atoms with van der Waals surface area (Å²) in [6.07, 6.45) is 7.90. The zero-order valence-corrected chi connectivity index (χ0v) is 11.4. The van der Waals surface area contributed by atoms with Gasteiger partial charge >= 0.3 is 0 Å². The van der Waals surface area contributed by atoms with Crippen molar-refractivity contribution in [1.82, 2.24) is 6.15 Å². The molecule has 4 rings (SSSR count). The highest BCUT2D eigenvalue weighted by atomic mass is 79.9. The first-order valence-electron chi connectivity index (χ1n) is 6.34. The fourth-order valence-electron chi connectivity index (χ4n) is 5.00. The van der Waals surface area contributed by atoms with Gasteiger partial charge in [-0.05, 0) is 67.6 Å². The van der Waals surface area contributed by atoms with E-state index in [-0.39, 0.29) is 6.15 Å². The van der Waals surface area contributed by atoms with Gasteiger partial charge in [0.1, 0.15) is 0 Å². The second-order valence-corrected chi connectivity index (χ2v) is 6.79. The average Bonchev–Trinajstić information content (AvgIpc) is 2.15. The van der Waals surface area contributed by atoms with E-state index in [0.717, 1.165) is 35.5 Å². The third kappa shape index (κ3) is 1.88. The van der Waals surface area contributed by atoms with E-state index in [1.54, 1.807) is 32.1 Å². The summed E-state index contributed by atoms with van der Waals surface area (Å²) < 4.78 is 0. The first kappa shape index (κ1) is 11.9. The Kier molecular flexibility index (Phi) is 3.47. The highest BCUT2D eigenvalue weighted by molar-refractivity contribution is 9.09. The van der Waals surface area contributed by atoms with Gasteiger partial charge in [0.05, 0.1) is 0 Å². The molecule has 4 aliphatic rings. The maximum Gasteiger partial charge on any atom is 0.00598 e. The average molecular weight is 274 g/mol. The van der Waals surface area contributed by atoms with Crippen LogP contribution in [0.1, 0.15) is 39.0 Å². The molecule has 2 heteroatoms. The van der Waals surface area contributed by atoms with Crippen molar-refractivity contribution < 1.29 is 0 Å². The predicted molar refractivity (Wildman–Crippen MR) is 68.5 cm³/mol. The molecule has 0 aromatic rings. The largest absolute Gasteiger partial charge is 0.344 e. The molecule has 0 heterocycles. The van der Waals surface area contributed by atoms with Crippen molar-refractivity contribution in [3.05, 3.63) is 0 Å². The third-order valence-corrected chi connectivity index (χ3v) is 6.22. The van der Waals surface area contributed by atoms with Gasteiger partial charge in [0.25, 0.3) is 0 Å². The maximum atomic E-state index is 3.68. The molecule has 0 amide bonds. The first-order valence-corrected chi connectivity index (χ1v) is 7.46. The summed E-state index contributed by atoms with van der Waals surface area (Å²) in [5.74, 6) is 6.48. The molecule has 4 aliphatic carbocycles. The zero-order chi connectivity index (χ0) is 9.71. The molecule has 0 aliphatic heterocycles. The summed E-state index contributed by atoms with van der Waals surface area (Å²) in [4.78, 5) is 0. The van der Waals surface area contributed by atoms with E-state index in [1.807, 2.05) is 0 Å². The van der Waals surface area contributed by atoms with Crippen molar-refractivity contribution in [2.75, 3.05) is 5.33 Å². The van der Waals surface area contributed by atoms with Crippen LogP contribution in [0, 0.1) is 35.5 Å². The van der Waals surface area contributed by atoms with Gasteiger partial charge in [0.15, 0.2) is 0 Å². The topological polar surface area (TPSA) is 35.0 Å². The van der Waals surface area contributed by atoms with Crippen LogP contribution in [0.5, 0.6) is 0 Å². The lowest BCUT2D eigenvalue weighted by Crippen LogP contribution is -2.47. The van der Waals surface area contributed by atoms with E-state index >= 15 is 0 Å². The smallest absolute Gasteiger partial charge is 0.00598 e. The summed E-state index contributed by atoms with van der Waals surface area (Å²) in [6.45, 7) is 2.46. The van der Waals surface area contributed by atoms with Crippen LogP contribution in [0.15, 0.2) is 0 Å². The van der Waals surface area contributed by atoms with Crippen molar-refractivity contribution in [3.8, 4) is 0 Å². The van der Waals surface area contributed by atoms with E-state index in [1.165, 1.54) is 5.33 Å². The van der Waals surface area contributed by atoms with Crippen molar-refractivity contribution in [2.24, 2.45) is 35.5 Å². The summed E-state index contributed by atoms with van der Waals surface area (Å²) in [5, 5.41) is 1.22. The van der Waals surface area contributed by atoms with Crippen LogP contribution >= 0.6 is 15.9 Å². The standard InChI is InChI=1S/C13H21Br.H3N/c1-8(7-14)13-11-3-9-2-10(5-11)6-12(13)4-9;/h8-13H,2-7H2,1H3;1H3.